The van der Waals surface area contributed by atoms with E-state index in [-0.39, 0.29) is 48.6 Å². The van der Waals surface area contributed by atoms with Crippen LogP contribution in [-0.4, -0.2) is 140 Å². The number of carbonyl (C=O) groups is 2. The first-order valence-corrected chi connectivity index (χ1v) is 37.0. The second-order valence-electron chi connectivity index (χ2n) is 22.7. The van der Waals surface area contributed by atoms with Crippen LogP contribution < -0.4 is 0 Å². The molecule has 0 N–H and O–H groups in total. The molecule has 3 rings (SSSR count). The van der Waals surface area contributed by atoms with E-state index in [1.165, 1.54) is 0 Å². The fourth-order valence-corrected chi connectivity index (χ4v) is 20.6. The van der Waals surface area contributed by atoms with Crippen molar-refractivity contribution in [2.45, 2.75) is 278 Å². The molecule has 11 unspecified atom stereocenters. The second kappa shape index (κ2) is 30.5. The van der Waals surface area contributed by atoms with Gasteiger partial charge in [0.1, 0.15) is 11.7 Å². The Labute approximate surface area is 450 Å². The molecule has 3 heterocycles. The number of hydrogen-bond donors (Lipinski definition) is 0. The average molecular weight is 1080 g/mol. The zero-order valence-corrected chi connectivity index (χ0v) is 53.1. The lowest BCUT2D eigenvalue weighted by Gasteiger charge is -2.41. The summed E-state index contributed by atoms with van der Waals surface area (Å²) < 4.78 is 54.2. The van der Waals surface area contributed by atoms with Crippen molar-refractivity contribution in [1.82, 2.24) is 9.80 Å². The van der Waals surface area contributed by atoms with Crippen molar-refractivity contribution in [3.63, 3.8) is 0 Å². The SMILES string of the molecule is CCOC(C)OC1(C)CCC(O[Si](CC)(CC)CC)CC(=O)OC(C(C)=CC=CC(C)(CC2OC2C(C)C(CC)O[Si](CC)(CC)CC)O[Si](CC)(CC)CC)C(C)C=CC1OC(=O)N1CCN(C(C)C)CC1. The van der Waals surface area contributed by atoms with Gasteiger partial charge in [0.05, 0.1) is 30.3 Å². The number of epoxide rings is 1. The molecule has 0 aromatic heterocycles. The Hall–Kier alpha value is -1.67. The van der Waals surface area contributed by atoms with Gasteiger partial charge in [-0.2, -0.15) is 0 Å². The van der Waals surface area contributed by atoms with E-state index < -0.39 is 60.8 Å². The molecule has 15 heteroatoms. The summed E-state index contributed by atoms with van der Waals surface area (Å²) in [5.41, 5.74) is -0.687. The van der Waals surface area contributed by atoms with Crippen LogP contribution in [0.2, 0.25) is 54.4 Å². The Morgan fingerprint density at radius 1 is 0.849 bits per heavy atom. The molecule has 0 radical (unpaired) electrons. The van der Waals surface area contributed by atoms with E-state index in [4.69, 9.17) is 37.0 Å². The van der Waals surface area contributed by atoms with Crippen molar-refractivity contribution in [2.75, 3.05) is 32.8 Å². The summed E-state index contributed by atoms with van der Waals surface area (Å²) >= 11 is 0. The lowest BCUT2D eigenvalue weighted by atomic mass is 9.88. The minimum Gasteiger partial charge on any atom is -0.457 e. The Morgan fingerprint density at radius 2 is 1.42 bits per heavy atom. The third kappa shape index (κ3) is 18.8. The maximum absolute atomic E-state index is 14.4. The van der Waals surface area contributed by atoms with Gasteiger partial charge < -0.3 is 41.9 Å². The molecular weight excluding hydrogens is 969 g/mol. The normalized spacial score (nSPS) is 27.5. The number of ether oxygens (including phenoxy) is 5. The summed E-state index contributed by atoms with van der Waals surface area (Å²) in [5, 5.41) is 0. The van der Waals surface area contributed by atoms with Gasteiger partial charge in [-0.25, -0.2) is 4.79 Å². The van der Waals surface area contributed by atoms with Crippen LogP contribution in [0.25, 0.3) is 0 Å². The van der Waals surface area contributed by atoms with Crippen LogP contribution in [0, 0.1) is 11.8 Å². The summed E-state index contributed by atoms with van der Waals surface area (Å²) in [6.07, 6.45) is 10.9. The van der Waals surface area contributed by atoms with Crippen molar-refractivity contribution in [1.29, 1.82) is 0 Å². The van der Waals surface area contributed by atoms with E-state index >= 15 is 0 Å². The minimum atomic E-state index is -2.18. The van der Waals surface area contributed by atoms with Crippen molar-refractivity contribution < 1.29 is 46.6 Å². The van der Waals surface area contributed by atoms with Gasteiger partial charge in [-0.1, -0.05) is 107 Å². The molecule has 424 valence electrons. The largest absolute Gasteiger partial charge is 0.457 e. The first-order valence-electron chi connectivity index (χ1n) is 29.5. The van der Waals surface area contributed by atoms with Crippen LogP contribution in [0.3, 0.4) is 0 Å². The molecule has 11 atom stereocenters. The van der Waals surface area contributed by atoms with Gasteiger partial charge in [-0.15, -0.1) is 0 Å². The first kappa shape index (κ1) is 65.6. The van der Waals surface area contributed by atoms with E-state index in [1.54, 1.807) is 0 Å². The lowest BCUT2D eigenvalue weighted by Crippen LogP contribution is -2.53. The highest BCUT2D eigenvalue weighted by atomic mass is 28.4. The monoisotopic (exact) mass is 1080 g/mol. The summed E-state index contributed by atoms with van der Waals surface area (Å²) in [5.74, 6) is -0.295. The Morgan fingerprint density at radius 3 is 1.95 bits per heavy atom. The van der Waals surface area contributed by atoms with Crippen LogP contribution in [-0.2, 0) is 41.8 Å². The maximum Gasteiger partial charge on any atom is 0.410 e. The Balaban J connectivity index is 2.10. The number of carbonyl (C=O) groups excluding carboxylic acids is 2. The molecule has 0 saturated carbocycles. The first-order chi connectivity index (χ1) is 34.5. The number of hydrogen-bond acceptors (Lipinski definition) is 11. The number of piperazine rings is 1. The van der Waals surface area contributed by atoms with Crippen molar-refractivity contribution >= 4 is 37.0 Å². The van der Waals surface area contributed by atoms with E-state index in [0.717, 1.165) is 85.9 Å². The van der Waals surface area contributed by atoms with Crippen LogP contribution in [0.1, 0.15) is 164 Å². The number of rotatable bonds is 29. The maximum atomic E-state index is 14.4. The summed E-state index contributed by atoms with van der Waals surface area (Å²) in [6, 6.07) is 9.77. The summed E-state index contributed by atoms with van der Waals surface area (Å²) in [4.78, 5) is 32.8. The fraction of sp³-hybridized carbons (Fsp3) is 0.862. The third-order valence-corrected chi connectivity index (χ3v) is 31.8. The molecular formula is C58H110N2O10Si3. The second-order valence-corrected chi connectivity index (χ2v) is 36.8. The van der Waals surface area contributed by atoms with E-state index in [1.807, 2.05) is 44.7 Å². The van der Waals surface area contributed by atoms with E-state index in [2.05, 4.69) is 127 Å². The van der Waals surface area contributed by atoms with Crippen LogP contribution >= 0.6 is 0 Å². The predicted octanol–water partition coefficient (Wildman–Crippen LogP) is 14.2. The predicted molar refractivity (Wildman–Crippen MR) is 308 cm³/mol. The molecule has 0 bridgehead atoms. The number of allylic oxidation sites excluding steroid dienone is 2. The summed E-state index contributed by atoms with van der Waals surface area (Å²) in [6.45, 7) is 44.8. The highest BCUT2D eigenvalue weighted by Gasteiger charge is 2.51. The highest BCUT2D eigenvalue weighted by molar-refractivity contribution is 6.74. The van der Waals surface area contributed by atoms with Gasteiger partial charge in [-0.05, 0) is 134 Å². The fourth-order valence-electron chi connectivity index (χ4n) is 11.6. The van der Waals surface area contributed by atoms with E-state index in [9.17, 15) is 9.59 Å². The van der Waals surface area contributed by atoms with Gasteiger partial charge >= 0.3 is 12.1 Å². The Bertz CT molecular complexity index is 1710. The number of esters is 1. The van der Waals surface area contributed by atoms with Crippen LogP contribution in [0.4, 0.5) is 4.79 Å². The molecule has 1 amide bonds. The third-order valence-electron chi connectivity index (χ3n) is 17.7. The number of amides is 1. The zero-order valence-electron chi connectivity index (χ0n) is 50.1. The van der Waals surface area contributed by atoms with Crippen molar-refractivity contribution in [3.05, 3.63) is 36.0 Å². The minimum absolute atomic E-state index is 0.0750. The van der Waals surface area contributed by atoms with Gasteiger partial charge in [0.2, 0.25) is 0 Å². The average Bonchev–Trinajstić information content (AvgIpc) is 4.15. The van der Waals surface area contributed by atoms with Crippen molar-refractivity contribution in [3.8, 4) is 0 Å². The van der Waals surface area contributed by atoms with Crippen molar-refractivity contribution in [2.24, 2.45) is 11.8 Å². The molecule has 73 heavy (non-hydrogen) atoms. The molecule has 0 aromatic rings. The van der Waals surface area contributed by atoms with Gasteiger partial charge in [0, 0.05) is 63.2 Å². The zero-order chi connectivity index (χ0) is 54.8. The Kier molecular flexibility index (Phi) is 27.4. The van der Waals surface area contributed by atoms with E-state index in [0.29, 0.717) is 38.6 Å². The highest BCUT2D eigenvalue weighted by Crippen LogP contribution is 2.43. The molecule has 0 spiro atoms. The smallest absolute Gasteiger partial charge is 0.410 e. The molecule has 12 nitrogen and oxygen atoms in total. The standard InChI is InChI=1S/C58H110N2O10Si3/c1-20-50(69-72(25-6,26-7)27-8)47(16)55-51(64-55)43-57(18,70-73(28-9,29-10)30-11)36-31-32-45(14)54-46(15)33-34-52(65-56(62)60-40-38-59(39-41-60)44(12)13)58(19,67-48(17)63-21-2)37-35-49(42-53(61)66-54)68-71(22-3,23-4)24-5/h31-34,36,44,46-52,54-55H,20-30,35,37-43H2,1-19H3. The lowest BCUT2D eigenvalue weighted by molar-refractivity contribution is -0.222. The topological polar surface area (TPSA) is 118 Å². The van der Waals surface area contributed by atoms with Gasteiger partial charge in [0.25, 0.3) is 0 Å². The number of nitrogens with zero attached hydrogens (tertiary/aromatic N) is 2. The number of cyclic esters (lactones) is 1. The summed E-state index contributed by atoms with van der Waals surface area (Å²) in [7, 11) is -6.03. The van der Waals surface area contributed by atoms with Crippen LogP contribution in [0.5, 0.6) is 0 Å². The molecule has 3 aliphatic rings. The van der Waals surface area contributed by atoms with Gasteiger partial charge in [0.15, 0.2) is 37.3 Å². The molecule has 2 saturated heterocycles. The molecule has 0 aromatic carbocycles. The van der Waals surface area contributed by atoms with Gasteiger partial charge in [-0.3, -0.25) is 9.69 Å². The molecule has 2 fully saturated rings. The van der Waals surface area contributed by atoms with Crippen LogP contribution in [0.15, 0.2) is 36.0 Å². The molecule has 3 aliphatic heterocycles. The quantitative estimate of drug-likeness (QED) is 0.0178. The molecule has 0 aliphatic carbocycles.